The van der Waals surface area contributed by atoms with Crippen LogP contribution in [-0.2, 0) is 30.4 Å². The van der Waals surface area contributed by atoms with Crippen LogP contribution in [0.5, 0.6) is 5.75 Å². The van der Waals surface area contributed by atoms with Gasteiger partial charge in [0.2, 0.25) is 11.8 Å². The van der Waals surface area contributed by atoms with Crippen molar-refractivity contribution in [2.75, 3.05) is 14.1 Å². The predicted molar refractivity (Wildman–Crippen MR) is 138 cm³/mol. The Morgan fingerprint density at radius 2 is 1.77 bits per heavy atom. The second-order valence-corrected chi connectivity index (χ2v) is 11.9. The normalized spacial score (nSPS) is 30.7. The summed E-state index contributed by atoms with van der Waals surface area (Å²) in [4.78, 5) is 79.8. The smallest absolute Gasteiger partial charge is 0.244 e. The molecule has 1 aromatic carbocycles. The number of hydrogen-bond acceptors (Lipinski definition) is 9. The summed E-state index contributed by atoms with van der Waals surface area (Å²) in [5.41, 5.74) is 2.87. The molecule has 0 spiro atoms. The number of nitrogens with one attached hydrogen (secondary N) is 1. The molecule has 3 aliphatic carbocycles. The van der Waals surface area contributed by atoms with E-state index in [4.69, 9.17) is 5.73 Å². The number of carbonyl (C=O) groups excluding carboxylic acids is 6. The number of ketones is 4. The molecule has 0 bridgehead atoms. The maximum Gasteiger partial charge on any atom is 0.244 e. The molecule has 5 N–H and O–H groups in total. The lowest BCUT2D eigenvalue weighted by atomic mass is 9.52. The number of phenolic OH excluding ortho intramolecular Hbond substituents is 1. The van der Waals surface area contributed by atoms with Gasteiger partial charge < -0.3 is 21.3 Å². The predicted octanol–water partition coefficient (Wildman–Crippen LogP) is -0.205. The number of Topliss-reactive ketones (excluding diaryl/α,β-unsaturated/α-hetero) is 4. The van der Waals surface area contributed by atoms with Crippen LogP contribution in [0.1, 0.15) is 48.7 Å². The number of phenols is 1. The number of fused-ring (bicyclic) bond motifs is 3. The van der Waals surface area contributed by atoms with Crippen molar-refractivity contribution in [2.24, 2.45) is 29.4 Å². The van der Waals surface area contributed by atoms with Crippen LogP contribution < -0.4 is 11.1 Å². The molecule has 11 heteroatoms. The Morgan fingerprint density at radius 1 is 1.13 bits per heavy atom. The average Bonchev–Trinajstić information content (AvgIpc) is 2.79. The van der Waals surface area contributed by atoms with E-state index in [1.165, 1.54) is 37.2 Å². The topological polar surface area (TPSA) is 184 Å². The first kappa shape index (κ1) is 28.3. The Morgan fingerprint density at radius 3 is 2.33 bits per heavy atom. The highest BCUT2D eigenvalue weighted by Crippen LogP contribution is 2.51. The third-order valence-corrected chi connectivity index (χ3v) is 7.89. The minimum atomic E-state index is -2.77. The summed E-state index contributed by atoms with van der Waals surface area (Å²) in [5, 5.41) is 25.0. The quantitative estimate of drug-likeness (QED) is 0.297. The third kappa shape index (κ3) is 4.49. The number of amides is 2. The Balaban J connectivity index is 1.79. The fourth-order valence-electron chi connectivity index (χ4n) is 6.36. The second-order valence-electron chi connectivity index (χ2n) is 11.9. The summed E-state index contributed by atoms with van der Waals surface area (Å²) in [5.74, 6) is -11.4. The maximum atomic E-state index is 13.8. The van der Waals surface area contributed by atoms with Crippen LogP contribution in [0.3, 0.4) is 0 Å². The minimum Gasteiger partial charge on any atom is -0.507 e. The first-order valence-electron chi connectivity index (χ1n) is 12.7. The van der Waals surface area contributed by atoms with Crippen LogP contribution in [0, 0.1) is 23.7 Å². The number of likely N-dealkylation sites (N-methyl/N-ethyl adjacent to an activating group) is 1. The monoisotopic (exact) mass is 539 g/mol. The van der Waals surface area contributed by atoms with Crippen LogP contribution >= 0.6 is 0 Å². The van der Waals surface area contributed by atoms with Crippen LogP contribution in [-0.4, -0.2) is 81.3 Å². The van der Waals surface area contributed by atoms with Crippen molar-refractivity contribution in [3.8, 4) is 5.75 Å². The second kappa shape index (κ2) is 9.49. The molecule has 0 saturated heterocycles. The molecular weight excluding hydrogens is 506 g/mol. The van der Waals surface area contributed by atoms with Crippen LogP contribution in [0.4, 0.5) is 0 Å². The molecule has 2 amide bonds. The van der Waals surface area contributed by atoms with E-state index in [0.717, 1.165) is 0 Å². The van der Waals surface area contributed by atoms with Gasteiger partial charge in [-0.05, 0) is 76.9 Å². The van der Waals surface area contributed by atoms with E-state index in [1.807, 2.05) is 20.8 Å². The molecule has 0 heterocycles. The Hall–Kier alpha value is -3.70. The molecule has 2 fully saturated rings. The molecule has 2 unspecified atom stereocenters. The first-order chi connectivity index (χ1) is 18.0. The standard InChI is InChI=1S/C28H33N3O8/c1-27(2,3)30-17(33)9-7-12-6-8-16(32)19-14(12)10-13-11-15-21(31(4)5)23(35)20(26(29)38)25(37)28(15,39)24(36)18(13)22(19)34/h6-9,13,15,18,20-21,32,39H,10-11H2,1-5H3,(H2,29,38)(H,30,33)/t13-,15-,18?,20?,21-,28-/m1/s1. The highest BCUT2D eigenvalue weighted by atomic mass is 16.3. The number of carbonyl (C=O) groups is 6. The van der Waals surface area contributed by atoms with Gasteiger partial charge in [-0.15, -0.1) is 0 Å². The number of aromatic hydroxyl groups is 1. The van der Waals surface area contributed by atoms with Crippen molar-refractivity contribution >= 4 is 41.0 Å². The van der Waals surface area contributed by atoms with Crippen molar-refractivity contribution in [1.29, 1.82) is 0 Å². The van der Waals surface area contributed by atoms with Crippen molar-refractivity contribution in [1.82, 2.24) is 10.2 Å². The first-order valence-corrected chi connectivity index (χ1v) is 12.7. The molecule has 0 radical (unpaired) electrons. The maximum absolute atomic E-state index is 13.8. The fourth-order valence-corrected chi connectivity index (χ4v) is 6.36. The van der Waals surface area contributed by atoms with Gasteiger partial charge in [0.15, 0.2) is 34.7 Å². The van der Waals surface area contributed by atoms with E-state index in [-0.39, 0.29) is 30.1 Å². The fraction of sp³-hybridized carbons (Fsp3) is 0.500. The molecule has 0 aromatic heterocycles. The average molecular weight is 540 g/mol. The van der Waals surface area contributed by atoms with Crippen LogP contribution in [0.15, 0.2) is 18.2 Å². The van der Waals surface area contributed by atoms with Gasteiger partial charge in [-0.2, -0.15) is 0 Å². The molecule has 2 saturated carbocycles. The van der Waals surface area contributed by atoms with Crippen LogP contribution in [0.25, 0.3) is 6.08 Å². The number of nitrogens with two attached hydrogens (primary N) is 1. The number of hydrogen-bond donors (Lipinski definition) is 4. The zero-order chi connectivity index (χ0) is 29.2. The molecule has 11 nitrogen and oxygen atoms in total. The lowest BCUT2D eigenvalue weighted by Crippen LogP contribution is -2.74. The SMILES string of the molecule is CN(C)[C@H]1C(=O)C(C(N)=O)C(=O)[C@]2(O)C(=O)C3C(=O)c4c(O)ccc(C=CC(=O)NC(C)(C)C)c4C[C@@H]3C[C@H]12. The molecule has 39 heavy (non-hydrogen) atoms. The molecule has 3 aliphatic rings. The van der Waals surface area contributed by atoms with E-state index in [2.05, 4.69) is 5.32 Å². The van der Waals surface area contributed by atoms with Crippen molar-refractivity contribution < 1.29 is 39.0 Å². The van der Waals surface area contributed by atoms with Gasteiger partial charge in [0.1, 0.15) is 5.75 Å². The van der Waals surface area contributed by atoms with E-state index < -0.39 is 69.9 Å². The van der Waals surface area contributed by atoms with E-state index in [0.29, 0.717) is 11.1 Å². The zero-order valence-corrected chi connectivity index (χ0v) is 22.5. The van der Waals surface area contributed by atoms with E-state index in [1.54, 1.807) is 6.07 Å². The number of aliphatic hydroxyl groups is 1. The van der Waals surface area contributed by atoms with Gasteiger partial charge in [0, 0.05) is 17.5 Å². The molecule has 0 aliphatic heterocycles. The summed E-state index contributed by atoms with van der Waals surface area (Å²) in [6.07, 6.45) is 2.89. The van der Waals surface area contributed by atoms with Gasteiger partial charge in [-0.3, -0.25) is 33.7 Å². The van der Waals surface area contributed by atoms with Crippen molar-refractivity contribution in [3.05, 3.63) is 34.9 Å². The Kier molecular flexibility index (Phi) is 6.89. The van der Waals surface area contributed by atoms with Gasteiger partial charge in [0.25, 0.3) is 0 Å². The third-order valence-electron chi connectivity index (χ3n) is 7.89. The van der Waals surface area contributed by atoms with Gasteiger partial charge >= 0.3 is 0 Å². The number of rotatable bonds is 4. The largest absolute Gasteiger partial charge is 0.507 e. The van der Waals surface area contributed by atoms with Gasteiger partial charge in [-0.1, -0.05) is 6.07 Å². The molecule has 4 rings (SSSR count). The van der Waals surface area contributed by atoms with E-state index in [9.17, 15) is 39.0 Å². The summed E-state index contributed by atoms with van der Waals surface area (Å²) >= 11 is 0. The summed E-state index contributed by atoms with van der Waals surface area (Å²) in [6.45, 7) is 5.48. The minimum absolute atomic E-state index is 0.0484. The summed E-state index contributed by atoms with van der Waals surface area (Å²) in [7, 11) is 3.05. The highest BCUT2D eigenvalue weighted by molar-refractivity contribution is 6.32. The lowest BCUT2D eigenvalue weighted by molar-refractivity contribution is -0.181. The number of primary amides is 1. The highest BCUT2D eigenvalue weighted by Gasteiger charge is 2.69. The number of nitrogens with zero attached hydrogens (tertiary/aromatic N) is 1. The molecule has 6 atom stereocenters. The van der Waals surface area contributed by atoms with E-state index >= 15 is 0 Å². The van der Waals surface area contributed by atoms with Crippen molar-refractivity contribution in [2.45, 2.75) is 50.8 Å². The zero-order valence-electron chi connectivity index (χ0n) is 22.5. The van der Waals surface area contributed by atoms with Gasteiger partial charge in [-0.25, -0.2) is 0 Å². The Labute approximate surface area is 225 Å². The summed E-state index contributed by atoms with van der Waals surface area (Å²) < 4.78 is 0. The van der Waals surface area contributed by atoms with Crippen molar-refractivity contribution in [3.63, 3.8) is 0 Å². The molecular formula is C28H33N3O8. The molecule has 1 aromatic rings. The Bertz CT molecular complexity index is 1340. The lowest BCUT2D eigenvalue weighted by Gasteiger charge is -2.52. The number of benzene rings is 1. The summed E-state index contributed by atoms with van der Waals surface area (Å²) in [6, 6.07) is 1.66. The van der Waals surface area contributed by atoms with Crippen LogP contribution in [0.2, 0.25) is 0 Å². The molecule has 208 valence electrons. The van der Waals surface area contributed by atoms with Gasteiger partial charge in [0.05, 0.1) is 17.5 Å².